The van der Waals surface area contributed by atoms with Crippen LogP contribution in [0.25, 0.3) is 0 Å². The van der Waals surface area contributed by atoms with E-state index in [1.807, 2.05) is 0 Å². The Hall–Kier alpha value is -1.27. The summed E-state index contributed by atoms with van der Waals surface area (Å²) in [5.41, 5.74) is 0.483. The number of rotatable bonds is 3. The standard InChI is InChI=1S/C14H18ClN3/c1-2-10-4-3-5-12(8-10)18-14-13(15)11(9-16)6-7-17-14/h6-7,10,12H,2-5,8H2,1H3,(H,17,18). The van der Waals surface area contributed by atoms with Crippen LogP contribution in [0.3, 0.4) is 0 Å². The number of nitriles is 1. The summed E-state index contributed by atoms with van der Waals surface area (Å²) in [4.78, 5) is 4.24. The molecule has 0 spiro atoms. The van der Waals surface area contributed by atoms with Crippen LogP contribution in [0.4, 0.5) is 5.82 Å². The second-order valence-corrected chi connectivity index (χ2v) is 5.29. The summed E-state index contributed by atoms with van der Waals surface area (Å²) >= 11 is 6.15. The Bertz CT molecular complexity index is 453. The molecule has 1 heterocycles. The van der Waals surface area contributed by atoms with Crippen molar-refractivity contribution in [2.24, 2.45) is 5.92 Å². The molecule has 0 aromatic carbocycles. The molecule has 2 atom stereocenters. The number of halogens is 1. The van der Waals surface area contributed by atoms with E-state index in [-0.39, 0.29) is 0 Å². The van der Waals surface area contributed by atoms with Gasteiger partial charge in [0.1, 0.15) is 16.9 Å². The first kappa shape index (κ1) is 13.2. The van der Waals surface area contributed by atoms with Crippen molar-refractivity contribution in [2.75, 3.05) is 5.32 Å². The number of pyridine rings is 1. The molecule has 1 aromatic rings. The molecular weight excluding hydrogens is 246 g/mol. The number of nitrogens with one attached hydrogen (secondary N) is 1. The summed E-state index contributed by atoms with van der Waals surface area (Å²) < 4.78 is 0. The average molecular weight is 264 g/mol. The van der Waals surface area contributed by atoms with Crippen LogP contribution in [-0.4, -0.2) is 11.0 Å². The van der Waals surface area contributed by atoms with E-state index in [2.05, 4.69) is 23.3 Å². The van der Waals surface area contributed by atoms with E-state index in [1.165, 1.54) is 25.7 Å². The van der Waals surface area contributed by atoms with E-state index in [0.29, 0.717) is 22.4 Å². The van der Waals surface area contributed by atoms with Crippen molar-refractivity contribution in [1.29, 1.82) is 5.26 Å². The van der Waals surface area contributed by atoms with Crippen LogP contribution in [0.15, 0.2) is 12.3 Å². The first-order valence-electron chi connectivity index (χ1n) is 6.55. The summed E-state index contributed by atoms with van der Waals surface area (Å²) in [6.07, 6.45) is 7.78. The summed E-state index contributed by atoms with van der Waals surface area (Å²) in [6.45, 7) is 2.24. The second-order valence-electron chi connectivity index (χ2n) is 4.92. The van der Waals surface area contributed by atoms with Gasteiger partial charge in [0, 0.05) is 12.2 Å². The van der Waals surface area contributed by atoms with Crippen LogP contribution in [0.5, 0.6) is 0 Å². The molecule has 1 aliphatic rings. The lowest BCUT2D eigenvalue weighted by Gasteiger charge is -2.29. The molecule has 0 aliphatic heterocycles. The van der Waals surface area contributed by atoms with Gasteiger partial charge in [-0.15, -0.1) is 0 Å². The Morgan fingerprint density at radius 3 is 3.11 bits per heavy atom. The van der Waals surface area contributed by atoms with Crippen LogP contribution in [0.1, 0.15) is 44.6 Å². The van der Waals surface area contributed by atoms with Crippen molar-refractivity contribution in [3.63, 3.8) is 0 Å². The first-order valence-corrected chi connectivity index (χ1v) is 6.93. The van der Waals surface area contributed by atoms with E-state index in [9.17, 15) is 0 Å². The van der Waals surface area contributed by atoms with Gasteiger partial charge in [-0.3, -0.25) is 0 Å². The van der Waals surface area contributed by atoms with E-state index >= 15 is 0 Å². The van der Waals surface area contributed by atoms with E-state index in [1.54, 1.807) is 12.3 Å². The number of nitrogens with zero attached hydrogens (tertiary/aromatic N) is 2. The van der Waals surface area contributed by atoms with Crippen LogP contribution in [0.2, 0.25) is 5.02 Å². The minimum Gasteiger partial charge on any atom is -0.366 e. The number of hydrogen-bond acceptors (Lipinski definition) is 3. The second kappa shape index (κ2) is 6.06. The molecule has 0 amide bonds. The lowest BCUT2D eigenvalue weighted by atomic mass is 9.84. The van der Waals surface area contributed by atoms with Gasteiger partial charge in [-0.05, 0) is 24.8 Å². The van der Waals surface area contributed by atoms with Gasteiger partial charge in [0.15, 0.2) is 0 Å². The quantitative estimate of drug-likeness (QED) is 0.897. The molecule has 3 nitrogen and oxygen atoms in total. The number of anilines is 1. The topological polar surface area (TPSA) is 48.7 Å². The molecule has 1 saturated carbocycles. The average Bonchev–Trinajstić information content (AvgIpc) is 2.41. The Morgan fingerprint density at radius 1 is 1.56 bits per heavy atom. The van der Waals surface area contributed by atoms with E-state index < -0.39 is 0 Å². The summed E-state index contributed by atoms with van der Waals surface area (Å²) in [5, 5.41) is 12.8. The van der Waals surface area contributed by atoms with Crippen molar-refractivity contribution < 1.29 is 0 Å². The zero-order valence-electron chi connectivity index (χ0n) is 10.6. The Balaban J connectivity index is 2.07. The van der Waals surface area contributed by atoms with Crippen molar-refractivity contribution in [3.05, 3.63) is 22.8 Å². The Labute approximate surface area is 113 Å². The maximum absolute atomic E-state index is 8.94. The fraction of sp³-hybridized carbons (Fsp3) is 0.571. The van der Waals surface area contributed by atoms with Gasteiger partial charge in [-0.25, -0.2) is 4.98 Å². The highest BCUT2D eigenvalue weighted by Crippen LogP contribution is 2.30. The maximum Gasteiger partial charge on any atom is 0.146 e. The lowest BCUT2D eigenvalue weighted by molar-refractivity contribution is 0.327. The highest BCUT2D eigenvalue weighted by molar-refractivity contribution is 6.34. The van der Waals surface area contributed by atoms with Gasteiger partial charge < -0.3 is 5.32 Å². The van der Waals surface area contributed by atoms with Crippen LogP contribution in [-0.2, 0) is 0 Å². The molecule has 2 unspecified atom stereocenters. The van der Waals surface area contributed by atoms with E-state index in [0.717, 1.165) is 12.3 Å². The molecule has 96 valence electrons. The monoisotopic (exact) mass is 263 g/mol. The third kappa shape index (κ3) is 2.94. The molecule has 0 bridgehead atoms. The van der Waals surface area contributed by atoms with Gasteiger partial charge >= 0.3 is 0 Å². The molecule has 1 aromatic heterocycles. The third-order valence-electron chi connectivity index (χ3n) is 3.71. The molecule has 4 heteroatoms. The van der Waals surface area contributed by atoms with Gasteiger partial charge in [-0.2, -0.15) is 5.26 Å². The normalized spacial score (nSPS) is 23.4. The molecular formula is C14H18ClN3. The van der Waals surface area contributed by atoms with Crippen LogP contribution >= 0.6 is 11.6 Å². The van der Waals surface area contributed by atoms with Gasteiger partial charge in [0.2, 0.25) is 0 Å². The first-order chi connectivity index (χ1) is 8.74. The SMILES string of the molecule is CCC1CCCC(Nc2nccc(C#N)c2Cl)C1. The molecule has 2 rings (SSSR count). The predicted octanol–water partition coefficient (Wildman–Crippen LogP) is 3.99. The summed E-state index contributed by atoms with van der Waals surface area (Å²) in [6, 6.07) is 4.16. The zero-order valence-corrected chi connectivity index (χ0v) is 11.4. The van der Waals surface area contributed by atoms with Gasteiger partial charge in [-0.1, -0.05) is 37.8 Å². The fourth-order valence-electron chi connectivity index (χ4n) is 2.62. The molecule has 0 saturated heterocycles. The highest BCUT2D eigenvalue weighted by Gasteiger charge is 2.21. The van der Waals surface area contributed by atoms with Crippen molar-refractivity contribution >= 4 is 17.4 Å². The van der Waals surface area contributed by atoms with Gasteiger partial charge in [0.25, 0.3) is 0 Å². The minimum absolute atomic E-state index is 0.433. The third-order valence-corrected chi connectivity index (χ3v) is 4.09. The van der Waals surface area contributed by atoms with Crippen molar-refractivity contribution in [2.45, 2.75) is 45.1 Å². The van der Waals surface area contributed by atoms with Crippen molar-refractivity contribution in [3.8, 4) is 6.07 Å². The van der Waals surface area contributed by atoms with E-state index in [4.69, 9.17) is 16.9 Å². The molecule has 1 aliphatic carbocycles. The van der Waals surface area contributed by atoms with Crippen LogP contribution < -0.4 is 5.32 Å². The molecule has 1 fully saturated rings. The Morgan fingerprint density at radius 2 is 2.39 bits per heavy atom. The predicted molar refractivity (Wildman–Crippen MR) is 73.6 cm³/mol. The number of aromatic nitrogens is 1. The molecule has 18 heavy (non-hydrogen) atoms. The Kier molecular flexibility index (Phi) is 4.43. The lowest BCUT2D eigenvalue weighted by Crippen LogP contribution is -2.27. The van der Waals surface area contributed by atoms with Gasteiger partial charge in [0.05, 0.1) is 5.56 Å². The minimum atomic E-state index is 0.433. The molecule has 0 radical (unpaired) electrons. The van der Waals surface area contributed by atoms with Crippen molar-refractivity contribution in [1.82, 2.24) is 4.98 Å². The van der Waals surface area contributed by atoms with Crippen LogP contribution in [0, 0.1) is 17.2 Å². The highest BCUT2D eigenvalue weighted by atomic mass is 35.5. The zero-order chi connectivity index (χ0) is 13.0. The fourth-order valence-corrected chi connectivity index (χ4v) is 2.83. The largest absolute Gasteiger partial charge is 0.366 e. The smallest absolute Gasteiger partial charge is 0.146 e. The number of hydrogen-bond donors (Lipinski definition) is 1. The molecule has 1 N–H and O–H groups in total. The summed E-state index contributed by atoms with van der Waals surface area (Å²) in [7, 11) is 0. The summed E-state index contributed by atoms with van der Waals surface area (Å²) in [5.74, 6) is 1.45. The maximum atomic E-state index is 8.94.